The van der Waals surface area contributed by atoms with Crippen LogP contribution in [0.25, 0.3) is 0 Å². The number of hydrogen-bond acceptors (Lipinski definition) is 3. The number of hydrogen-bond donors (Lipinski definition) is 2. The Morgan fingerprint density at radius 1 is 1.69 bits per heavy atom. The summed E-state index contributed by atoms with van der Waals surface area (Å²) in [5.41, 5.74) is 0.506. The molecule has 0 aromatic carbocycles. The molecule has 1 aromatic heterocycles. The molecule has 88 valence electrons. The molecule has 16 heavy (non-hydrogen) atoms. The summed E-state index contributed by atoms with van der Waals surface area (Å²) in [7, 11) is 0. The SMILES string of the molecule is C=CCc1csc(C(=O)NC(C)(C)CO)c1. The van der Waals surface area contributed by atoms with E-state index in [1.54, 1.807) is 19.9 Å². The van der Waals surface area contributed by atoms with Gasteiger partial charge in [0.15, 0.2) is 0 Å². The number of carbonyl (C=O) groups excluding carboxylic acids is 1. The number of thiophene rings is 1. The van der Waals surface area contributed by atoms with Gasteiger partial charge in [0.25, 0.3) is 5.91 Å². The first-order chi connectivity index (χ1) is 7.48. The second kappa shape index (κ2) is 5.27. The van der Waals surface area contributed by atoms with Crippen molar-refractivity contribution in [3.05, 3.63) is 34.5 Å². The Hall–Kier alpha value is -1.13. The van der Waals surface area contributed by atoms with Crippen LogP contribution < -0.4 is 5.32 Å². The van der Waals surface area contributed by atoms with E-state index in [4.69, 9.17) is 5.11 Å². The van der Waals surface area contributed by atoms with Crippen molar-refractivity contribution in [2.24, 2.45) is 0 Å². The van der Waals surface area contributed by atoms with E-state index < -0.39 is 5.54 Å². The van der Waals surface area contributed by atoms with E-state index >= 15 is 0 Å². The molecule has 0 atom stereocenters. The first kappa shape index (κ1) is 12.9. The van der Waals surface area contributed by atoms with Gasteiger partial charge in [-0.25, -0.2) is 0 Å². The average molecular weight is 239 g/mol. The van der Waals surface area contributed by atoms with Crippen LogP contribution in [0.1, 0.15) is 29.1 Å². The Balaban J connectivity index is 2.69. The molecular weight excluding hydrogens is 222 g/mol. The lowest BCUT2D eigenvalue weighted by Crippen LogP contribution is -2.46. The minimum Gasteiger partial charge on any atom is -0.394 e. The maximum absolute atomic E-state index is 11.8. The third-order valence-corrected chi connectivity index (χ3v) is 3.08. The van der Waals surface area contributed by atoms with E-state index in [1.807, 2.05) is 11.4 Å². The molecule has 1 aromatic rings. The third-order valence-electron chi connectivity index (χ3n) is 2.10. The van der Waals surface area contributed by atoms with Gasteiger partial charge in [-0.05, 0) is 37.3 Å². The molecule has 0 bridgehead atoms. The molecule has 1 heterocycles. The van der Waals surface area contributed by atoms with Crippen LogP contribution in [-0.2, 0) is 6.42 Å². The number of amides is 1. The highest BCUT2D eigenvalue weighted by Gasteiger charge is 2.20. The van der Waals surface area contributed by atoms with Gasteiger partial charge in [-0.15, -0.1) is 17.9 Å². The summed E-state index contributed by atoms with van der Waals surface area (Å²) in [6, 6.07) is 1.86. The van der Waals surface area contributed by atoms with Crippen molar-refractivity contribution < 1.29 is 9.90 Å². The molecule has 0 aliphatic heterocycles. The Bertz CT molecular complexity index is 382. The van der Waals surface area contributed by atoms with Crippen LogP contribution in [0.2, 0.25) is 0 Å². The Kier molecular flexibility index (Phi) is 4.26. The van der Waals surface area contributed by atoms with E-state index in [-0.39, 0.29) is 12.5 Å². The first-order valence-corrected chi connectivity index (χ1v) is 5.98. The Morgan fingerprint density at radius 2 is 2.38 bits per heavy atom. The molecular formula is C12H17NO2S. The van der Waals surface area contributed by atoms with Crippen molar-refractivity contribution in [2.75, 3.05) is 6.61 Å². The van der Waals surface area contributed by atoms with Crippen molar-refractivity contribution in [1.82, 2.24) is 5.32 Å². The summed E-state index contributed by atoms with van der Waals surface area (Å²) in [4.78, 5) is 12.5. The smallest absolute Gasteiger partial charge is 0.261 e. The van der Waals surface area contributed by atoms with Crippen molar-refractivity contribution >= 4 is 17.2 Å². The predicted molar refractivity (Wildman–Crippen MR) is 66.9 cm³/mol. The van der Waals surface area contributed by atoms with Gasteiger partial charge < -0.3 is 10.4 Å². The molecule has 0 spiro atoms. The molecule has 4 heteroatoms. The van der Waals surface area contributed by atoms with Gasteiger partial charge in [0.05, 0.1) is 17.0 Å². The van der Waals surface area contributed by atoms with Gasteiger partial charge in [0.2, 0.25) is 0 Å². The molecule has 1 amide bonds. The zero-order valence-corrected chi connectivity index (χ0v) is 10.4. The molecule has 0 saturated carbocycles. The zero-order chi connectivity index (χ0) is 12.2. The van der Waals surface area contributed by atoms with Crippen LogP contribution in [0.3, 0.4) is 0 Å². The summed E-state index contributed by atoms with van der Waals surface area (Å²) in [5, 5.41) is 13.8. The second-order valence-electron chi connectivity index (χ2n) is 4.31. The topological polar surface area (TPSA) is 49.3 Å². The zero-order valence-electron chi connectivity index (χ0n) is 9.62. The number of aliphatic hydroxyl groups is 1. The summed E-state index contributed by atoms with van der Waals surface area (Å²) < 4.78 is 0. The molecule has 0 saturated heterocycles. The predicted octanol–water partition coefficient (Wildman–Crippen LogP) is 1.98. The number of aliphatic hydroxyl groups excluding tert-OH is 1. The summed E-state index contributed by atoms with van der Waals surface area (Å²) in [5.74, 6) is -0.139. The van der Waals surface area contributed by atoms with Crippen LogP contribution in [-0.4, -0.2) is 23.2 Å². The molecule has 2 N–H and O–H groups in total. The lowest BCUT2D eigenvalue weighted by molar-refractivity contribution is 0.0873. The van der Waals surface area contributed by atoms with Gasteiger partial charge in [-0.2, -0.15) is 0 Å². The highest BCUT2D eigenvalue weighted by molar-refractivity contribution is 7.12. The average Bonchev–Trinajstić information content (AvgIpc) is 2.66. The minimum absolute atomic E-state index is 0.0797. The summed E-state index contributed by atoms with van der Waals surface area (Å²) in [6.07, 6.45) is 2.58. The quantitative estimate of drug-likeness (QED) is 0.772. The number of rotatable bonds is 5. The van der Waals surface area contributed by atoms with Gasteiger partial charge >= 0.3 is 0 Å². The van der Waals surface area contributed by atoms with Crippen molar-refractivity contribution in [3.63, 3.8) is 0 Å². The highest BCUT2D eigenvalue weighted by atomic mass is 32.1. The second-order valence-corrected chi connectivity index (χ2v) is 5.22. The molecule has 0 unspecified atom stereocenters. The third kappa shape index (κ3) is 3.47. The molecule has 0 aliphatic rings. The van der Waals surface area contributed by atoms with Crippen molar-refractivity contribution in [2.45, 2.75) is 25.8 Å². The molecule has 1 rings (SSSR count). The van der Waals surface area contributed by atoms with Gasteiger partial charge in [-0.3, -0.25) is 4.79 Å². The van der Waals surface area contributed by atoms with E-state index in [0.717, 1.165) is 12.0 Å². The molecule has 0 aliphatic carbocycles. The summed E-state index contributed by atoms with van der Waals surface area (Å²) >= 11 is 1.41. The van der Waals surface area contributed by atoms with Gasteiger partial charge in [0.1, 0.15) is 0 Å². The number of nitrogens with one attached hydrogen (secondary N) is 1. The fourth-order valence-electron chi connectivity index (χ4n) is 1.18. The largest absolute Gasteiger partial charge is 0.394 e. The monoisotopic (exact) mass is 239 g/mol. The maximum Gasteiger partial charge on any atom is 0.261 e. The van der Waals surface area contributed by atoms with Crippen molar-refractivity contribution in [1.29, 1.82) is 0 Å². The summed E-state index contributed by atoms with van der Waals surface area (Å²) in [6.45, 7) is 7.14. The lowest BCUT2D eigenvalue weighted by atomic mass is 10.1. The van der Waals surface area contributed by atoms with Crippen LogP contribution >= 0.6 is 11.3 Å². The standard InChI is InChI=1S/C12H17NO2S/c1-4-5-9-6-10(16-7-9)11(15)13-12(2,3)8-14/h4,6-7,14H,1,5,8H2,2-3H3,(H,13,15). The number of carbonyl (C=O) groups is 1. The van der Waals surface area contributed by atoms with Crippen LogP contribution in [0.15, 0.2) is 24.1 Å². The highest BCUT2D eigenvalue weighted by Crippen LogP contribution is 2.16. The number of allylic oxidation sites excluding steroid dienone is 1. The maximum atomic E-state index is 11.8. The minimum atomic E-state index is -0.584. The fourth-order valence-corrected chi connectivity index (χ4v) is 2.00. The Labute approximate surface area is 99.8 Å². The lowest BCUT2D eigenvalue weighted by Gasteiger charge is -2.22. The van der Waals surface area contributed by atoms with E-state index in [2.05, 4.69) is 11.9 Å². The van der Waals surface area contributed by atoms with E-state index in [0.29, 0.717) is 4.88 Å². The molecule has 0 fully saturated rings. The van der Waals surface area contributed by atoms with Crippen LogP contribution in [0.4, 0.5) is 0 Å². The van der Waals surface area contributed by atoms with Gasteiger partial charge in [-0.1, -0.05) is 6.08 Å². The fraction of sp³-hybridized carbons (Fsp3) is 0.417. The first-order valence-electron chi connectivity index (χ1n) is 5.10. The Morgan fingerprint density at radius 3 is 2.94 bits per heavy atom. The van der Waals surface area contributed by atoms with E-state index in [1.165, 1.54) is 11.3 Å². The van der Waals surface area contributed by atoms with Gasteiger partial charge in [0, 0.05) is 0 Å². The van der Waals surface area contributed by atoms with Crippen LogP contribution in [0, 0.1) is 0 Å². The van der Waals surface area contributed by atoms with Crippen LogP contribution in [0.5, 0.6) is 0 Å². The molecule has 0 radical (unpaired) electrons. The van der Waals surface area contributed by atoms with E-state index in [9.17, 15) is 4.79 Å². The normalized spacial score (nSPS) is 11.2. The van der Waals surface area contributed by atoms with Crippen molar-refractivity contribution in [3.8, 4) is 0 Å². The molecule has 3 nitrogen and oxygen atoms in total.